The molecule has 128 valence electrons. The molecule has 0 rings (SSSR count). The van der Waals surface area contributed by atoms with Crippen molar-refractivity contribution in [1.29, 1.82) is 0 Å². The Morgan fingerprint density at radius 1 is 1.14 bits per heavy atom. The van der Waals surface area contributed by atoms with Crippen molar-refractivity contribution in [2.24, 2.45) is 17.4 Å². The van der Waals surface area contributed by atoms with E-state index in [0.29, 0.717) is 0 Å². The van der Waals surface area contributed by atoms with Crippen LogP contribution in [0.3, 0.4) is 0 Å². The number of hydrogen-bond donors (Lipinski definition) is 4. The van der Waals surface area contributed by atoms with E-state index in [4.69, 9.17) is 16.2 Å². The van der Waals surface area contributed by atoms with Crippen LogP contribution in [-0.2, 0) is 14.3 Å². The third-order valence-corrected chi connectivity index (χ3v) is 2.84. The van der Waals surface area contributed by atoms with Crippen molar-refractivity contribution in [2.45, 2.75) is 58.7 Å². The molecule has 6 N–H and O–H groups in total. The highest BCUT2D eigenvalue weighted by molar-refractivity contribution is 5.86. The number of carbonyl (C=O) groups excluding carboxylic acids is 3. The zero-order valence-electron chi connectivity index (χ0n) is 13.9. The summed E-state index contributed by atoms with van der Waals surface area (Å²) in [7, 11) is 0. The number of carbonyl (C=O) groups is 3. The molecule has 0 heterocycles. The number of alkyl carbamates (subject to hydrolysis) is 1. The lowest BCUT2D eigenvalue weighted by atomic mass is 10.0. The Hall–Kier alpha value is -1.83. The van der Waals surface area contributed by atoms with Crippen molar-refractivity contribution in [3.05, 3.63) is 0 Å². The number of ether oxygens (including phenoxy) is 1. The number of rotatable bonds is 8. The van der Waals surface area contributed by atoms with Gasteiger partial charge in [-0.25, -0.2) is 4.79 Å². The van der Waals surface area contributed by atoms with E-state index in [0.717, 1.165) is 0 Å². The predicted molar refractivity (Wildman–Crippen MR) is 82.8 cm³/mol. The maximum atomic E-state index is 11.8. The predicted octanol–water partition coefficient (Wildman–Crippen LogP) is -0.145. The van der Waals surface area contributed by atoms with E-state index in [1.807, 2.05) is 13.8 Å². The summed E-state index contributed by atoms with van der Waals surface area (Å²) in [5, 5.41) is 5.58. The van der Waals surface area contributed by atoms with Crippen molar-refractivity contribution in [2.75, 3.05) is 6.54 Å². The Balaban J connectivity index is 4.61. The van der Waals surface area contributed by atoms with Crippen LogP contribution in [0.4, 0.5) is 4.79 Å². The second-order valence-corrected chi connectivity index (χ2v) is 6.53. The molecule has 0 saturated carbocycles. The molecule has 0 aromatic rings. The molecule has 0 saturated heterocycles. The van der Waals surface area contributed by atoms with Crippen LogP contribution in [0.15, 0.2) is 0 Å². The Kier molecular flexibility index (Phi) is 7.86. The molecule has 0 fully saturated rings. The Morgan fingerprint density at radius 3 is 2.05 bits per heavy atom. The molecule has 0 radical (unpaired) electrons. The lowest BCUT2D eigenvalue weighted by Crippen LogP contribution is -2.52. The molecule has 8 nitrogen and oxygen atoms in total. The normalized spacial score (nSPS) is 14.3. The first-order valence-electron chi connectivity index (χ1n) is 7.23. The van der Waals surface area contributed by atoms with E-state index in [-0.39, 0.29) is 24.9 Å². The first kappa shape index (κ1) is 20.2. The summed E-state index contributed by atoms with van der Waals surface area (Å²) in [6.45, 7) is 9.40. The van der Waals surface area contributed by atoms with Gasteiger partial charge < -0.3 is 26.8 Å². The highest BCUT2D eigenvalue weighted by Crippen LogP contribution is 2.08. The van der Waals surface area contributed by atoms with Crippen LogP contribution in [0, 0.1) is 5.92 Å². The largest absolute Gasteiger partial charge is 0.444 e. The van der Waals surface area contributed by atoms with Gasteiger partial charge in [0.05, 0.1) is 12.5 Å². The van der Waals surface area contributed by atoms with Gasteiger partial charge in [-0.2, -0.15) is 0 Å². The third-order valence-electron chi connectivity index (χ3n) is 2.84. The Labute approximate surface area is 131 Å². The summed E-state index contributed by atoms with van der Waals surface area (Å²) in [5.41, 5.74) is 9.69. The number of hydrogen-bond acceptors (Lipinski definition) is 5. The van der Waals surface area contributed by atoms with Gasteiger partial charge in [0, 0.05) is 12.6 Å². The molecule has 0 aliphatic rings. The maximum Gasteiger partial charge on any atom is 0.407 e. The molecule has 8 heteroatoms. The van der Waals surface area contributed by atoms with Crippen LogP contribution in [0.25, 0.3) is 0 Å². The number of nitrogens with one attached hydrogen (secondary N) is 2. The van der Waals surface area contributed by atoms with Gasteiger partial charge in [0.25, 0.3) is 0 Å². The van der Waals surface area contributed by atoms with E-state index in [1.165, 1.54) is 0 Å². The van der Waals surface area contributed by atoms with E-state index in [2.05, 4.69) is 10.6 Å². The van der Waals surface area contributed by atoms with Gasteiger partial charge in [-0.05, 0) is 26.7 Å². The Bertz CT molecular complexity index is 404. The molecule has 0 aromatic carbocycles. The summed E-state index contributed by atoms with van der Waals surface area (Å²) >= 11 is 0. The average molecular weight is 316 g/mol. The minimum absolute atomic E-state index is 0.0853. The van der Waals surface area contributed by atoms with Gasteiger partial charge in [-0.3, -0.25) is 9.59 Å². The van der Waals surface area contributed by atoms with Gasteiger partial charge in [-0.1, -0.05) is 13.8 Å². The highest BCUT2D eigenvalue weighted by Gasteiger charge is 2.24. The molecule has 0 aliphatic heterocycles. The number of nitrogens with two attached hydrogens (primary N) is 2. The van der Waals surface area contributed by atoms with Crippen LogP contribution >= 0.6 is 0 Å². The van der Waals surface area contributed by atoms with Gasteiger partial charge in [-0.15, -0.1) is 0 Å². The molecule has 3 amide bonds. The fourth-order valence-electron chi connectivity index (χ4n) is 1.66. The third kappa shape index (κ3) is 9.17. The lowest BCUT2D eigenvalue weighted by molar-refractivity contribution is -0.125. The van der Waals surface area contributed by atoms with Gasteiger partial charge in [0.2, 0.25) is 11.8 Å². The van der Waals surface area contributed by atoms with Gasteiger partial charge in [0.15, 0.2) is 0 Å². The lowest BCUT2D eigenvalue weighted by Gasteiger charge is -2.27. The van der Waals surface area contributed by atoms with Crippen LogP contribution in [0.5, 0.6) is 0 Å². The highest BCUT2D eigenvalue weighted by atomic mass is 16.6. The second kappa shape index (κ2) is 8.57. The standard InChI is InChI=1S/C14H28N4O4/c1-8(2)10(18-13(21)22-14(3,4)5)7-17-9(12(16)20)6-11(15)19/h8-10,17H,6-7H2,1-5H3,(H2,15,19)(H2,16,20)(H,18,21)/t9-,10+/m0/s1. The van der Waals surface area contributed by atoms with Crippen molar-refractivity contribution < 1.29 is 19.1 Å². The fraction of sp³-hybridized carbons (Fsp3) is 0.786. The van der Waals surface area contributed by atoms with E-state index in [1.54, 1.807) is 20.8 Å². The second-order valence-electron chi connectivity index (χ2n) is 6.53. The maximum absolute atomic E-state index is 11.8. The topological polar surface area (TPSA) is 137 Å². The number of amides is 3. The molecular weight excluding hydrogens is 288 g/mol. The van der Waals surface area contributed by atoms with Crippen molar-refractivity contribution in [3.63, 3.8) is 0 Å². The minimum atomic E-state index is -0.862. The first-order valence-corrected chi connectivity index (χ1v) is 7.23. The Morgan fingerprint density at radius 2 is 1.68 bits per heavy atom. The monoisotopic (exact) mass is 316 g/mol. The van der Waals surface area contributed by atoms with Crippen LogP contribution in [0.2, 0.25) is 0 Å². The van der Waals surface area contributed by atoms with Gasteiger partial charge in [0.1, 0.15) is 5.60 Å². The van der Waals surface area contributed by atoms with Crippen LogP contribution in [-0.4, -0.2) is 42.1 Å². The van der Waals surface area contributed by atoms with Crippen LogP contribution < -0.4 is 22.1 Å². The van der Waals surface area contributed by atoms with Crippen molar-refractivity contribution in [3.8, 4) is 0 Å². The fourth-order valence-corrected chi connectivity index (χ4v) is 1.66. The summed E-state index contributed by atoms with van der Waals surface area (Å²) in [6.07, 6.45) is -0.731. The molecule has 22 heavy (non-hydrogen) atoms. The zero-order valence-corrected chi connectivity index (χ0v) is 13.9. The van der Waals surface area contributed by atoms with Crippen molar-refractivity contribution in [1.82, 2.24) is 10.6 Å². The quantitative estimate of drug-likeness (QED) is 0.494. The van der Waals surface area contributed by atoms with Crippen LogP contribution in [0.1, 0.15) is 41.0 Å². The zero-order chi connectivity index (χ0) is 17.5. The van der Waals surface area contributed by atoms with Crippen molar-refractivity contribution >= 4 is 17.9 Å². The van der Waals surface area contributed by atoms with Gasteiger partial charge >= 0.3 is 6.09 Å². The number of primary amides is 2. The summed E-state index contributed by atoms with van der Waals surface area (Å²) in [6, 6.07) is -1.15. The van der Waals surface area contributed by atoms with E-state index < -0.39 is 29.6 Å². The SMILES string of the molecule is CC(C)[C@@H](CN[C@@H](CC(N)=O)C(N)=O)NC(=O)OC(C)(C)C. The summed E-state index contributed by atoms with van der Waals surface area (Å²) in [4.78, 5) is 34.0. The summed E-state index contributed by atoms with van der Waals surface area (Å²) in [5.74, 6) is -1.21. The molecule has 0 unspecified atom stereocenters. The van der Waals surface area contributed by atoms with E-state index in [9.17, 15) is 14.4 Å². The molecule has 2 atom stereocenters. The minimum Gasteiger partial charge on any atom is -0.444 e. The average Bonchev–Trinajstić information content (AvgIpc) is 2.29. The molecule has 0 bridgehead atoms. The molecule has 0 spiro atoms. The molecule has 0 aliphatic carbocycles. The molecule has 0 aromatic heterocycles. The summed E-state index contributed by atoms with van der Waals surface area (Å²) < 4.78 is 5.19. The molecular formula is C14H28N4O4. The first-order chi connectivity index (χ1) is 9.92. The smallest absolute Gasteiger partial charge is 0.407 e. The van der Waals surface area contributed by atoms with E-state index >= 15 is 0 Å².